The highest BCUT2D eigenvalue weighted by atomic mass is 79.9. The van der Waals surface area contributed by atoms with Gasteiger partial charge in [-0.05, 0) is 42.9 Å². The van der Waals surface area contributed by atoms with Gasteiger partial charge in [-0.15, -0.1) is 11.3 Å². The maximum absolute atomic E-state index is 3.41. The second-order valence-corrected chi connectivity index (χ2v) is 4.72. The molecule has 0 saturated heterocycles. The van der Waals surface area contributed by atoms with Gasteiger partial charge in [-0.1, -0.05) is 22.0 Å². The molecule has 0 amide bonds. The van der Waals surface area contributed by atoms with E-state index in [1.807, 2.05) is 11.3 Å². The molecule has 1 rings (SSSR count). The maximum atomic E-state index is 3.41. The van der Waals surface area contributed by atoms with Crippen LogP contribution in [0.1, 0.15) is 23.8 Å². The van der Waals surface area contributed by atoms with E-state index in [0.717, 1.165) is 11.8 Å². The summed E-state index contributed by atoms with van der Waals surface area (Å²) < 4.78 is 0. The lowest BCUT2D eigenvalue weighted by Gasteiger charge is -1.94. The predicted molar refractivity (Wildman–Crippen MR) is 61.1 cm³/mol. The Bertz CT molecular complexity index is 273. The van der Waals surface area contributed by atoms with Crippen LogP contribution in [0.15, 0.2) is 17.5 Å². The van der Waals surface area contributed by atoms with Crippen LogP contribution in [0.4, 0.5) is 0 Å². The van der Waals surface area contributed by atoms with Crippen LogP contribution in [0.3, 0.4) is 0 Å². The normalized spacial score (nSPS) is 12.1. The minimum atomic E-state index is 1.05. The van der Waals surface area contributed by atoms with Crippen molar-refractivity contribution in [3.05, 3.63) is 28.0 Å². The first kappa shape index (κ1) is 10.0. The van der Waals surface area contributed by atoms with E-state index in [9.17, 15) is 0 Å². The molecule has 0 aliphatic carbocycles. The zero-order valence-electron chi connectivity index (χ0n) is 7.43. The van der Waals surface area contributed by atoms with Crippen LogP contribution < -0.4 is 0 Å². The number of hydrogen-bond acceptors (Lipinski definition) is 1. The molecule has 66 valence electrons. The number of thiophene rings is 1. The van der Waals surface area contributed by atoms with Crippen LogP contribution in [-0.2, 0) is 0 Å². The number of rotatable bonds is 3. The molecular formula is C10H13BrS. The maximum Gasteiger partial charge on any atom is 0.00661 e. The van der Waals surface area contributed by atoms with Gasteiger partial charge in [0.25, 0.3) is 0 Å². The molecule has 0 radical (unpaired) electrons. The first-order valence-corrected chi connectivity index (χ1v) is 6.02. The molecule has 1 heterocycles. The Balaban J connectivity index is 2.70. The van der Waals surface area contributed by atoms with Crippen LogP contribution in [0, 0.1) is 6.92 Å². The van der Waals surface area contributed by atoms with Crippen molar-refractivity contribution in [3.63, 3.8) is 0 Å². The topological polar surface area (TPSA) is 0 Å². The molecule has 1 aromatic heterocycles. The van der Waals surface area contributed by atoms with Crippen LogP contribution in [-0.4, -0.2) is 5.33 Å². The average molecular weight is 245 g/mol. The van der Waals surface area contributed by atoms with Crippen molar-refractivity contribution in [3.8, 4) is 0 Å². The summed E-state index contributed by atoms with van der Waals surface area (Å²) >= 11 is 5.23. The largest absolute Gasteiger partial charge is 0.149 e. The van der Waals surface area contributed by atoms with Gasteiger partial charge in [-0.3, -0.25) is 0 Å². The van der Waals surface area contributed by atoms with Crippen molar-refractivity contribution in [1.29, 1.82) is 0 Å². The first-order valence-electron chi connectivity index (χ1n) is 4.02. The zero-order valence-corrected chi connectivity index (χ0v) is 9.83. The SMILES string of the molecule is CC(=CCCBr)c1csc(C)c1. The molecule has 0 fully saturated rings. The molecule has 0 aliphatic heterocycles. The van der Waals surface area contributed by atoms with E-state index in [1.54, 1.807) is 0 Å². The molecule has 0 unspecified atom stereocenters. The third-order valence-corrected chi connectivity index (χ3v) is 3.06. The number of allylic oxidation sites excluding steroid dienone is 2. The lowest BCUT2D eigenvalue weighted by atomic mass is 10.1. The van der Waals surface area contributed by atoms with Crippen LogP contribution in [0.25, 0.3) is 5.57 Å². The smallest absolute Gasteiger partial charge is 0.00661 e. The molecule has 0 atom stereocenters. The van der Waals surface area contributed by atoms with E-state index < -0.39 is 0 Å². The van der Waals surface area contributed by atoms with Crippen molar-refractivity contribution in [2.24, 2.45) is 0 Å². The van der Waals surface area contributed by atoms with E-state index in [2.05, 4.69) is 47.3 Å². The van der Waals surface area contributed by atoms with Crippen LogP contribution >= 0.6 is 27.3 Å². The number of hydrogen-bond donors (Lipinski definition) is 0. The Morgan fingerprint density at radius 2 is 2.42 bits per heavy atom. The van der Waals surface area contributed by atoms with Gasteiger partial charge in [0, 0.05) is 10.2 Å². The first-order chi connectivity index (χ1) is 5.74. The van der Waals surface area contributed by atoms with Gasteiger partial charge in [0.1, 0.15) is 0 Å². The molecule has 0 aromatic carbocycles. The summed E-state index contributed by atoms with van der Waals surface area (Å²) in [5, 5.41) is 3.27. The lowest BCUT2D eigenvalue weighted by molar-refractivity contribution is 1.26. The summed E-state index contributed by atoms with van der Waals surface area (Å²) in [4.78, 5) is 1.39. The van der Waals surface area contributed by atoms with Crippen molar-refractivity contribution < 1.29 is 0 Å². The fraction of sp³-hybridized carbons (Fsp3) is 0.400. The fourth-order valence-electron chi connectivity index (χ4n) is 1.04. The highest BCUT2D eigenvalue weighted by Gasteiger charge is 1.96. The van der Waals surface area contributed by atoms with E-state index in [4.69, 9.17) is 0 Å². The Labute approximate surface area is 86.4 Å². The molecule has 12 heavy (non-hydrogen) atoms. The fourth-order valence-corrected chi connectivity index (χ4v) is 2.03. The van der Waals surface area contributed by atoms with E-state index in [-0.39, 0.29) is 0 Å². The molecule has 0 N–H and O–H groups in total. The molecule has 0 bridgehead atoms. The third-order valence-electron chi connectivity index (χ3n) is 1.75. The summed E-state index contributed by atoms with van der Waals surface area (Å²) in [6.45, 7) is 4.32. The van der Waals surface area contributed by atoms with Gasteiger partial charge in [-0.25, -0.2) is 0 Å². The van der Waals surface area contributed by atoms with Gasteiger partial charge in [-0.2, -0.15) is 0 Å². The second kappa shape index (κ2) is 4.83. The summed E-state index contributed by atoms with van der Waals surface area (Å²) in [5.74, 6) is 0. The Morgan fingerprint density at radius 3 is 2.92 bits per heavy atom. The van der Waals surface area contributed by atoms with Crippen molar-refractivity contribution in [2.75, 3.05) is 5.33 Å². The van der Waals surface area contributed by atoms with Crippen molar-refractivity contribution >= 4 is 32.8 Å². The molecule has 1 aromatic rings. The number of halogens is 1. The minimum absolute atomic E-state index is 1.05. The highest BCUT2D eigenvalue weighted by molar-refractivity contribution is 9.09. The molecule has 2 heteroatoms. The number of alkyl halides is 1. The number of aryl methyl sites for hydroxylation is 1. The Hall–Kier alpha value is -0.0800. The monoisotopic (exact) mass is 244 g/mol. The zero-order chi connectivity index (χ0) is 8.97. The molecule has 0 aliphatic rings. The Kier molecular flexibility index (Phi) is 4.02. The summed E-state index contributed by atoms with van der Waals surface area (Å²) in [7, 11) is 0. The summed E-state index contributed by atoms with van der Waals surface area (Å²) in [5.41, 5.74) is 2.76. The molecule has 0 nitrogen and oxygen atoms in total. The van der Waals surface area contributed by atoms with Crippen molar-refractivity contribution in [1.82, 2.24) is 0 Å². The van der Waals surface area contributed by atoms with E-state index in [0.29, 0.717) is 0 Å². The Morgan fingerprint density at radius 1 is 1.67 bits per heavy atom. The molecular weight excluding hydrogens is 232 g/mol. The van der Waals surface area contributed by atoms with Gasteiger partial charge in [0.05, 0.1) is 0 Å². The minimum Gasteiger partial charge on any atom is -0.149 e. The van der Waals surface area contributed by atoms with Crippen molar-refractivity contribution in [2.45, 2.75) is 20.3 Å². The average Bonchev–Trinajstić information content (AvgIpc) is 2.47. The lowest BCUT2D eigenvalue weighted by Crippen LogP contribution is -1.75. The predicted octanol–water partition coefficient (Wildman–Crippen LogP) is 4.24. The summed E-state index contributed by atoms with van der Waals surface area (Å²) in [6, 6.07) is 2.24. The van der Waals surface area contributed by atoms with E-state index >= 15 is 0 Å². The van der Waals surface area contributed by atoms with Crippen LogP contribution in [0.5, 0.6) is 0 Å². The molecule has 0 spiro atoms. The van der Waals surface area contributed by atoms with Crippen LogP contribution in [0.2, 0.25) is 0 Å². The molecule has 0 saturated carbocycles. The van der Waals surface area contributed by atoms with E-state index in [1.165, 1.54) is 16.0 Å². The van der Waals surface area contributed by atoms with Gasteiger partial charge >= 0.3 is 0 Å². The third kappa shape index (κ3) is 2.76. The van der Waals surface area contributed by atoms with Gasteiger partial charge < -0.3 is 0 Å². The van der Waals surface area contributed by atoms with Gasteiger partial charge in [0.15, 0.2) is 0 Å². The highest BCUT2D eigenvalue weighted by Crippen LogP contribution is 2.21. The summed E-state index contributed by atoms with van der Waals surface area (Å²) in [6.07, 6.45) is 3.39. The van der Waals surface area contributed by atoms with Gasteiger partial charge in [0.2, 0.25) is 0 Å². The standard InChI is InChI=1S/C10H13BrS/c1-8(4-3-5-11)10-6-9(2)12-7-10/h4,6-7H,3,5H2,1-2H3. The quantitative estimate of drug-likeness (QED) is 0.698. The second-order valence-electron chi connectivity index (χ2n) is 2.81.